The number of rotatable bonds is 5. The van der Waals surface area contributed by atoms with Crippen LogP contribution in [0.1, 0.15) is 19.4 Å². The molecular weight excluding hydrogens is 312 g/mol. The van der Waals surface area contributed by atoms with Gasteiger partial charge in [0.2, 0.25) is 0 Å². The standard InChI is InChI=1S/C17H20N2O3S/c1-3-22-15-6-4-14(5-7-15)19-23(20,21)16-8-9-17-13(11-16)10-12(2)18-17/h4-9,11-12,18-19H,3,10H2,1-2H3. The predicted molar refractivity (Wildman–Crippen MR) is 91.7 cm³/mol. The summed E-state index contributed by atoms with van der Waals surface area (Å²) in [5, 5.41) is 3.31. The summed E-state index contributed by atoms with van der Waals surface area (Å²) in [4.78, 5) is 0.279. The highest BCUT2D eigenvalue weighted by atomic mass is 32.2. The van der Waals surface area contributed by atoms with Gasteiger partial charge in [-0.15, -0.1) is 0 Å². The van der Waals surface area contributed by atoms with Crippen LogP contribution < -0.4 is 14.8 Å². The van der Waals surface area contributed by atoms with E-state index in [0.717, 1.165) is 17.7 Å². The van der Waals surface area contributed by atoms with Crippen LogP contribution in [-0.2, 0) is 16.4 Å². The van der Waals surface area contributed by atoms with Crippen molar-refractivity contribution >= 4 is 21.4 Å². The molecule has 122 valence electrons. The van der Waals surface area contributed by atoms with Gasteiger partial charge in [0.1, 0.15) is 5.75 Å². The third-order valence-electron chi connectivity index (χ3n) is 3.73. The molecule has 0 aromatic heterocycles. The van der Waals surface area contributed by atoms with Crippen LogP contribution in [0.5, 0.6) is 5.75 Å². The molecule has 0 aliphatic carbocycles. The van der Waals surface area contributed by atoms with Crippen LogP contribution in [0.4, 0.5) is 11.4 Å². The smallest absolute Gasteiger partial charge is 0.261 e. The van der Waals surface area contributed by atoms with Crippen molar-refractivity contribution in [1.82, 2.24) is 0 Å². The lowest BCUT2D eigenvalue weighted by Crippen LogP contribution is -2.13. The fraction of sp³-hybridized carbons (Fsp3) is 0.294. The van der Waals surface area contributed by atoms with Crippen molar-refractivity contribution in [3.8, 4) is 5.75 Å². The monoisotopic (exact) mass is 332 g/mol. The van der Waals surface area contributed by atoms with Crippen molar-refractivity contribution in [2.75, 3.05) is 16.6 Å². The molecule has 0 amide bonds. The molecule has 3 rings (SSSR count). The number of nitrogens with one attached hydrogen (secondary N) is 2. The molecule has 5 nitrogen and oxygen atoms in total. The van der Waals surface area contributed by atoms with Crippen LogP contribution in [0.2, 0.25) is 0 Å². The highest BCUT2D eigenvalue weighted by Crippen LogP contribution is 2.29. The summed E-state index contributed by atoms with van der Waals surface area (Å²) in [6.45, 7) is 4.55. The summed E-state index contributed by atoms with van der Waals surface area (Å²) in [6, 6.07) is 12.4. The molecule has 2 N–H and O–H groups in total. The Morgan fingerprint density at radius 2 is 1.96 bits per heavy atom. The summed E-state index contributed by atoms with van der Waals surface area (Å²) in [5.41, 5.74) is 2.56. The lowest BCUT2D eigenvalue weighted by atomic mass is 10.1. The van der Waals surface area contributed by atoms with Gasteiger partial charge in [-0.2, -0.15) is 0 Å². The molecule has 6 heteroatoms. The highest BCUT2D eigenvalue weighted by molar-refractivity contribution is 7.92. The van der Waals surface area contributed by atoms with Crippen LogP contribution in [0.3, 0.4) is 0 Å². The topological polar surface area (TPSA) is 67.4 Å². The number of benzene rings is 2. The molecular formula is C17H20N2O3S. The Labute approximate surface area is 136 Å². The average molecular weight is 332 g/mol. The molecule has 2 aromatic carbocycles. The minimum absolute atomic E-state index is 0.279. The van der Waals surface area contributed by atoms with Crippen molar-refractivity contribution in [2.45, 2.75) is 31.2 Å². The molecule has 1 aliphatic rings. The molecule has 0 saturated carbocycles. The van der Waals surface area contributed by atoms with Crippen LogP contribution in [0.15, 0.2) is 47.4 Å². The highest BCUT2D eigenvalue weighted by Gasteiger charge is 2.21. The van der Waals surface area contributed by atoms with Crippen molar-refractivity contribution in [3.05, 3.63) is 48.0 Å². The van der Waals surface area contributed by atoms with Gasteiger partial charge in [-0.1, -0.05) is 0 Å². The maximum absolute atomic E-state index is 12.5. The Hall–Kier alpha value is -2.21. The first-order chi connectivity index (χ1) is 11.0. The van der Waals surface area contributed by atoms with E-state index in [1.54, 1.807) is 36.4 Å². The van der Waals surface area contributed by atoms with Gasteiger partial charge in [0.15, 0.2) is 0 Å². The van der Waals surface area contributed by atoms with Gasteiger partial charge in [-0.25, -0.2) is 8.42 Å². The maximum Gasteiger partial charge on any atom is 0.261 e. The summed E-state index contributed by atoms with van der Waals surface area (Å²) < 4.78 is 33.0. The molecule has 1 heterocycles. The van der Waals surface area contributed by atoms with E-state index in [2.05, 4.69) is 17.0 Å². The van der Waals surface area contributed by atoms with Crippen molar-refractivity contribution in [2.24, 2.45) is 0 Å². The molecule has 23 heavy (non-hydrogen) atoms. The molecule has 1 atom stereocenters. The second kappa shape index (κ2) is 6.12. The van der Waals surface area contributed by atoms with Crippen LogP contribution in [-0.4, -0.2) is 21.1 Å². The second-order valence-electron chi connectivity index (χ2n) is 5.63. The Bertz CT molecular complexity index is 801. The molecule has 1 unspecified atom stereocenters. The second-order valence-corrected chi connectivity index (χ2v) is 7.31. The number of sulfonamides is 1. The minimum Gasteiger partial charge on any atom is -0.494 e. The zero-order chi connectivity index (χ0) is 16.4. The van der Waals surface area contributed by atoms with Gasteiger partial charge in [0, 0.05) is 17.4 Å². The van der Waals surface area contributed by atoms with E-state index in [0.29, 0.717) is 24.1 Å². The van der Waals surface area contributed by atoms with Crippen LogP contribution in [0.25, 0.3) is 0 Å². The number of ether oxygens (including phenoxy) is 1. The predicted octanol–water partition coefficient (Wildman–Crippen LogP) is 3.24. The van der Waals surface area contributed by atoms with Gasteiger partial charge in [0.25, 0.3) is 10.0 Å². The largest absolute Gasteiger partial charge is 0.494 e. The number of hydrogen-bond donors (Lipinski definition) is 2. The summed E-state index contributed by atoms with van der Waals surface area (Å²) >= 11 is 0. The zero-order valence-corrected chi connectivity index (χ0v) is 14.0. The van der Waals surface area contributed by atoms with Gasteiger partial charge >= 0.3 is 0 Å². The quantitative estimate of drug-likeness (QED) is 0.882. The first-order valence-corrected chi connectivity index (χ1v) is 9.11. The molecule has 0 spiro atoms. The molecule has 0 bridgehead atoms. The van der Waals surface area contributed by atoms with Gasteiger partial charge in [0.05, 0.1) is 11.5 Å². The zero-order valence-electron chi connectivity index (χ0n) is 13.2. The summed E-state index contributed by atoms with van der Waals surface area (Å²) in [7, 11) is -3.60. The fourth-order valence-electron chi connectivity index (χ4n) is 2.69. The van der Waals surface area contributed by atoms with E-state index >= 15 is 0 Å². The number of fused-ring (bicyclic) bond motifs is 1. The lowest BCUT2D eigenvalue weighted by Gasteiger charge is -2.10. The first-order valence-electron chi connectivity index (χ1n) is 7.63. The lowest BCUT2D eigenvalue weighted by molar-refractivity contribution is 0.340. The minimum atomic E-state index is -3.60. The van der Waals surface area contributed by atoms with E-state index in [1.807, 2.05) is 13.0 Å². The Balaban J connectivity index is 1.80. The van der Waals surface area contributed by atoms with Crippen molar-refractivity contribution < 1.29 is 13.2 Å². The molecule has 1 aliphatic heterocycles. The van der Waals surface area contributed by atoms with E-state index < -0.39 is 10.0 Å². The molecule has 2 aromatic rings. The average Bonchev–Trinajstić information content (AvgIpc) is 2.88. The van der Waals surface area contributed by atoms with E-state index in [1.165, 1.54) is 0 Å². The van der Waals surface area contributed by atoms with Crippen molar-refractivity contribution in [3.63, 3.8) is 0 Å². The maximum atomic E-state index is 12.5. The normalized spacial score (nSPS) is 16.5. The van der Waals surface area contributed by atoms with Gasteiger partial charge in [-0.05, 0) is 68.3 Å². The summed E-state index contributed by atoms with van der Waals surface area (Å²) in [5.74, 6) is 0.716. The number of hydrogen-bond acceptors (Lipinski definition) is 4. The summed E-state index contributed by atoms with van der Waals surface area (Å²) in [6.07, 6.45) is 0.835. The third-order valence-corrected chi connectivity index (χ3v) is 5.11. The first kappa shape index (κ1) is 15.7. The van der Waals surface area contributed by atoms with E-state index in [4.69, 9.17) is 4.74 Å². The fourth-order valence-corrected chi connectivity index (χ4v) is 3.80. The Morgan fingerprint density at radius 3 is 2.65 bits per heavy atom. The van der Waals surface area contributed by atoms with Crippen LogP contribution >= 0.6 is 0 Å². The Kier molecular flexibility index (Phi) is 4.17. The molecule has 0 fully saturated rings. The Morgan fingerprint density at radius 1 is 1.22 bits per heavy atom. The van der Waals surface area contributed by atoms with Gasteiger partial charge < -0.3 is 10.1 Å². The molecule has 0 saturated heterocycles. The van der Waals surface area contributed by atoms with Crippen LogP contribution in [0, 0.1) is 0 Å². The van der Waals surface area contributed by atoms with E-state index in [9.17, 15) is 8.42 Å². The number of anilines is 2. The van der Waals surface area contributed by atoms with Gasteiger partial charge in [-0.3, -0.25) is 4.72 Å². The third kappa shape index (κ3) is 3.42. The SMILES string of the molecule is CCOc1ccc(NS(=O)(=O)c2ccc3c(c2)CC(C)N3)cc1. The van der Waals surface area contributed by atoms with Crippen molar-refractivity contribution in [1.29, 1.82) is 0 Å². The molecule has 0 radical (unpaired) electrons. The van der Waals surface area contributed by atoms with E-state index in [-0.39, 0.29) is 4.90 Å².